The van der Waals surface area contributed by atoms with E-state index in [0.29, 0.717) is 19.4 Å². The molecule has 0 spiro atoms. The maximum absolute atomic E-state index is 11.3. The van der Waals surface area contributed by atoms with Crippen LogP contribution in [-0.4, -0.2) is 34.5 Å². The summed E-state index contributed by atoms with van der Waals surface area (Å²) >= 11 is 0. The Labute approximate surface area is 83.9 Å². The summed E-state index contributed by atoms with van der Waals surface area (Å²) in [5.74, 6) is -0.873. The lowest BCUT2D eigenvalue weighted by atomic mass is 10.1. The lowest BCUT2D eigenvalue weighted by Crippen LogP contribution is -2.41. The molecule has 4 heteroatoms. The molecule has 1 atom stereocenters. The highest BCUT2D eigenvalue weighted by molar-refractivity contribution is 5.84. The van der Waals surface area contributed by atoms with E-state index in [1.54, 1.807) is 0 Å². The topological polar surface area (TPSA) is 57.6 Å². The lowest BCUT2D eigenvalue weighted by Gasteiger charge is -2.23. The normalized spacial score (nSPS) is 18.6. The van der Waals surface area contributed by atoms with Crippen LogP contribution in [0.2, 0.25) is 0 Å². The maximum atomic E-state index is 11.3. The van der Waals surface area contributed by atoms with Crippen molar-refractivity contribution in [3.05, 3.63) is 0 Å². The molecule has 1 amide bonds. The van der Waals surface area contributed by atoms with Gasteiger partial charge < -0.3 is 10.0 Å². The van der Waals surface area contributed by atoms with Gasteiger partial charge in [0.15, 0.2) is 0 Å². The van der Waals surface area contributed by atoms with Gasteiger partial charge in [-0.1, -0.05) is 19.8 Å². The Balaban J connectivity index is 2.57. The standard InChI is InChI=1S/C10H17NO3/c1-2-3-5-8(10(13)14)11-7-4-6-9(11)12/h8H,2-7H2,1H3,(H,13,14). The molecule has 1 aliphatic heterocycles. The van der Waals surface area contributed by atoms with Crippen LogP contribution >= 0.6 is 0 Å². The van der Waals surface area contributed by atoms with Gasteiger partial charge in [0.2, 0.25) is 5.91 Å². The number of nitrogens with zero attached hydrogens (tertiary/aromatic N) is 1. The third kappa shape index (κ3) is 2.47. The van der Waals surface area contributed by atoms with Crippen molar-refractivity contribution in [3.63, 3.8) is 0 Å². The molecule has 1 aliphatic rings. The molecule has 1 saturated heterocycles. The Morgan fingerprint density at radius 3 is 2.79 bits per heavy atom. The number of carbonyl (C=O) groups is 2. The van der Waals surface area contributed by atoms with E-state index in [1.165, 1.54) is 4.90 Å². The van der Waals surface area contributed by atoms with Crippen LogP contribution in [0.15, 0.2) is 0 Å². The van der Waals surface area contributed by atoms with Crippen molar-refractivity contribution in [2.24, 2.45) is 0 Å². The average molecular weight is 199 g/mol. The van der Waals surface area contributed by atoms with Crippen molar-refractivity contribution in [3.8, 4) is 0 Å². The molecule has 4 nitrogen and oxygen atoms in total. The molecule has 0 aromatic carbocycles. The van der Waals surface area contributed by atoms with Gasteiger partial charge in [0.1, 0.15) is 6.04 Å². The zero-order valence-electron chi connectivity index (χ0n) is 8.53. The third-order valence-electron chi connectivity index (χ3n) is 2.60. The van der Waals surface area contributed by atoms with Gasteiger partial charge in [-0.15, -0.1) is 0 Å². The summed E-state index contributed by atoms with van der Waals surface area (Å²) in [6, 6.07) is -0.593. The first kappa shape index (κ1) is 11.0. The zero-order chi connectivity index (χ0) is 10.6. The third-order valence-corrected chi connectivity index (χ3v) is 2.60. The Bertz CT molecular complexity index is 227. The van der Waals surface area contributed by atoms with E-state index >= 15 is 0 Å². The van der Waals surface area contributed by atoms with Crippen LogP contribution in [0.5, 0.6) is 0 Å². The quantitative estimate of drug-likeness (QED) is 0.725. The number of carboxylic acids is 1. The van der Waals surface area contributed by atoms with Crippen LogP contribution < -0.4 is 0 Å². The molecule has 0 saturated carbocycles. The highest BCUT2D eigenvalue weighted by Crippen LogP contribution is 2.17. The van der Waals surface area contributed by atoms with Gasteiger partial charge in [0.05, 0.1) is 0 Å². The van der Waals surface area contributed by atoms with Crippen molar-refractivity contribution in [1.82, 2.24) is 4.90 Å². The predicted octanol–water partition coefficient (Wildman–Crippen LogP) is 1.25. The molecule has 0 aromatic heterocycles. The smallest absolute Gasteiger partial charge is 0.326 e. The summed E-state index contributed by atoms with van der Waals surface area (Å²) in [6.45, 7) is 2.63. The molecular weight excluding hydrogens is 182 g/mol. The summed E-state index contributed by atoms with van der Waals surface area (Å²) < 4.78 is 0. The van der Waals surface area contributed by atoms with E-state index in [4.69, 9.17) is 5.11 Å². The number of carbonyl (C=O) groups excluding carboxylic acids is 1. The van der Waals surface area contributed by atoms with E-state index in [1.807, 2.05) is 6.92 Å². The fourth-order valence-electron chi connectivity index (χ4n) is 1.81. The fourth-order valence-corrected chi connectivity index (χ4v) is 1.81. The largest absolute Gasteiger partial charge is 0.480 e. The molecule has 1 rings (SSSR count). The minimum absolute atomic E-state index is 0.00602. The van der Waals surface area contributed by atoms with Gasteiger partial charge in [-0.3, -0.25) is 4.79 Å². The maximum Gasteiger partial charge on any atom is 0.326 e. The molecule has 1 heterocycles. The van der Waals surface area contributed by atoms with Crippen molar-refractivity contribution >= 4 is 11.9 Å². The second-order valence-corrected chi connectivity index (χ2v) is 3.69. The fraction of sp³-hybridized carbons (Fsp3) is 0.800. The Hall–Kier alpha value is -1.06. The first-order valence-electron chi connectivity index (χ1n) is 5.19. The molecule has 0 aromatic rings. The summed E-state index contributed by atoms with van der Waals surface area (Å²) in [5.41, 5.74) is 0. The van der Waals surface area contributed by atoms with Crippen LogP contribution in [-0.2, 0) is 9.59 Å². The zero-order valence-corrected chi connectivity index (χ0v) is 8.53. The van der Waals surface area contributed by atoms with Crippen molar-refractivity contribution in [1.29, 1.82) is 0 Å². The molecular formula is C10H17NO3. The number of carboxylic acid groups (broad SMARTS) is 1. The van der Waals surface area contributed by atoms with E-state index in [-0.39, 0.29) is 5.91 Å². The molecule has 14 heavy (non-hydrogen) atoms. The summed E-state index contributed by atoms with van der Waals surface area (Å²) in [7, 11) is 0. The van der Waals surface area contributed by atoms with Crippen molar-refractivity contribution in [2.45, 2.75) is 45.1 Å². The molecule has 0 aliphatic carbocycles. The molecule has 1 unspecified atom stereocenters. The van der Waals surface area contributed by atoms with Crippen LogP contribution in [0.3, 0.4) is 0 Å². The molecule has 80 valence electrons. The molecule has 1 fully saturated rings. The van der Waals surface area contributed by atoms with Crippen LogP contribution in [0.1, 0.15) is 39.0 Å². The van der Waals surface area contributed by atoms with E-state index in [9.17, 15) is 9.59 Å². The highest BCUT2D eigenvalue weighted by Gasteiger charge is 2.31. The van der Waals surface area contributed by atoms with Crippen LogP contribution in [0.4, 0.5) is 0 Å². The van der Waals surface area contributed by atoms with Crippen LogP contribution in [0, 0.1) is 0 Å². The Morgan fingerprint density at radius 1 is 1.64 bits per heavy atom. The van der Waals surface area contributed by atoms with Crippen LogP contribution in [0.25, 0.3) is 0 Å². The number of aliphatic carboxylic acids is 1. The van der Waals surface area contributed by atoms with Gasteiger partial charge in [-0.25, -0.2) is 4.79 Å². The van der Waals surface area contributed by atoms with Gasteiger partial charge in [0, 0.05) is 13.0 Å². The predicted molar refractivity (Wildman–Crippen MR) is 51.9 cm³/mol. The Morgan fingerprint density at radius 2 is 2.36 bits per heavy atom. The van der Waals surface area contributed by atoms with E-state index in [0.717, 1.165) is 19.3 Å². The molecule has 0 radical (unpaired) electrons. The summed E-state index contributed by atoms with van der Waals surface area (Å²) in [4.78, 5) is 23.8. The SMILES string of the molecule is CCCCC(C(=O)O)N1CCCC1=O. The average Bonchev–Trinajstić information content (AvgIpc) is 2.52. The monoisotopic (exact) mass is 199 g/mol. The second-order valence-electron chi connectivity index (χ2n) is 3.69. The van der Waals surface area contributed by atoms with Gasteiger partial charge >= 0.3 is 5.97 Å². The number of likely N-dealkylation sites (tertiary alicyclic amines) is 1. The summed E-state index contributed by atoms with van der Waals surface area (Å²) in [6.07, 6.45) is 3.72. The summed E-state index contributed by atoms with van der Waals surface area (Å²) in [5, 5.41) is 8.98. The Kier molecular flexibility index (Phi) is 3.92. The van der Waals surface area contributed by atoms with Gasteiger partial charge in [-0.05, 0) is 12.8 Å². The van der Waals surface area contributed by atoms with Gasteiger partial charge in [0.25, 0.3) is 0 Å². The number of rotatable bonds is 5. The minimum Gasteiger partial charge on any atom is -0.480 e. The first-order chi connectivity index (χ1) is 6.66. The first-order valence-corrected chi connectivity index (χ1v) is 5.19. The number of hydrogen-bond acceptors (Lipinski definition) is 2. The second kappa shape index (κ2) is 4.98. The van der Waals surface area contributed by atoms with Crippen molar-refractivity contribution < 1.29 is 14.7 Å². The number of hydrogen-bond donors (Lipinski definition) is 1. The lowest BCUT2D eigenvalue weighted by molar-refractivity contribution is -0.148. The minimum atomic E-state index is -0.867. The van der Waals surface area contributed by atoms with Crippen molar-refractivity contribution in [2.75, 3.05) is 6.54 Å². The van der Waals surface area contributed by atoms with E-state index < -0.39 is 12.0 Å². The molecule has 1 N–H and O–H groups in total. The number of amides is 1. The number of unbranched alkanes of at least 4 members (excludes halogenated alkanes) is 1. The van der Waals surface area contributed by atoms with E-state index in [2.05, 4.69) is 0 Å². The van der Waals surface area contributed by atoms with Gasteiger partial charge in [-0.2, -0.15) is 0 Å². The highest BCUT2D eigenvalue weighted by atomic mass is 16.4. The molecule has 0 bridgehead atoms.